The van der Waals surface area contributed by atoms with Gasteiger partial charge in [-0.1, -0.05) is 30.3 Å². The number of hydrogen-bond donors (Lipinski definition) is 0. The van der Waals surface area contributed by atoms with Crippen molar-refractivity contribution in [1.82, 2.24) is 4.90 Å². The minimum absolute atomic E-state index is 0.120. The van der Waals surface area contributed by atoms with Crippen molar-refractivity contribution in [2.45, 2.75) is 18.4 Å². The Morgan fingerprint density at radius 1 is 0.857 bits per heavy atom. The van der Waals surface area contributed by atoms with Crippen LogP contribution >= 0.6 is 0 Å². The smallest absolute Gasteiger partial charge is 0.274 e. The highest BCUT2D eigenvalue weighted by atomic mass is 16.5. The van der Waals surface area contributed by atoms with Crippen LogP contribution in [0.25, 0.3) is 0 Å². The summed E-state index contributed by atoms with van der Waals surface area (Å²) in [6.07, 6.45) is 8.76. The summed E-state index contributed by atoms with van der Waals surface area (Å²) in [7, 11) is 3.29. The average molecular weight is 374 g/mol. The molecule has 0 aromatic heterocycles. The Morgan fingerprint density at radius 3 is 1.89 bits per heavy atom. The Labute approximate surface area is 164 Å². The fourth-order valence-electron chi connectivity index (χ4n) is 3.74. The predicted octanol–water partition coefficient (Wildman–Crippen LogP) is 3.55. The molecular weight excluding hydrogens is 352 g/mol. The molecule has 2 aliphatic rings. The normalized spacial score (nSPS) is 16.7. The van der Waals surface area contributed by atoms with Crippen LogP contribution in [0.1, 0.15) is 11.1 Å². The van der Waals surface area contributed by atoms with Crippen LogP contribution in [-0.2, 0) is 17.6 Å². The zero-order valence-corrected chi connectivity index (χ0v) is 16.0. The highest BCUT2D eigenvalue weighted by Gasteiger charge is 2.49. The van der Waals surface area contributed by atoms with E-state index in [0.29, 0.717) is 18.7 Å². The van der Waals surface area contributed by atoms with Gasteiger partial charge in [0.25, 0.3) is 5.91 Å². The van der Waals surface area contributed by atoms with E-state index in [1.807, 2.05) is 77.9 Å². The maximum absolute atomic E-state index is 13.2. The van der Waals surface area contributed by atoms with Crippen LogP contribution in [-0.4, -0.2) is 36.4 Å². The molecule has 28 heavy (non-hydrogen) atoms. The number of hydrogen-bond acceptors (Lipinski definition) is 4. The number of ether oxygens (including phenoxy) is 2. The van der Waals surface area contributed by atoms with Gasteiger partial charge < -0.3 is 14.4 Å². The van der Waals surface area contributed by atoms with Crippen LogP contribution < -0.4 is 9.47 Å². The summed E-state index contributed by atoms with van der Waals surface area (Å²) in [4.78, 5) is 19.5. The van der Waals surface area contributed by atoms with E-state index >= 15 is 0 Å². The van der Waals surface area contributed by atoms with Gasteiger partial charge in [-0.2, -0.15) is 4.99 Å². The molecule has 2 aliphatic heterocycles. The molecule has 0 fully saturated rings. The molecule has 4 rings (SSSR count). The lowest BCUT2D eigenvalue weighted by molar-refractivity contribution is -0.124. The Kier molecular flexibility index (Phi) is 4.74. The molecule has 2 aromatic rings. The van der Waals surface area contributed by atoms with Gasteiger partial charge in [-0.05, 0) is 47.5 Å². The SMILES string of the molecule is COc1ccc(CC2(Cc3ccc(OC)cc3)C(=O)N=C3C=CC=CN32)cc1. The molecule has 2 heterocycles. The van der Waals surface area contributed by atoms with Gasteiger partial charge in [0.15, 0.2) is 0 Å². The standard InChI is InChI=1S/C23H22N2O3/c1-27-19-10-6-17(7-11-19)15-23(16-18-8-12-20(28-2)13-9-18)22(26)24-21-5-3-4-14-25(21)23/h3-14H,15-16H2,1-2H3. The Balaban J connectivity index is 1.71. The van der Waals surface area contributed by atoms with Crippen molar-refractivity contribution in [1.29, 1.82) is 0 Å². The summed E-state index contributed by atoms with van der Waals surface area (Å²) in [5, 5.41) is 0. The van der Waals surface area contributed by atoms with Gasteiger partial charge in [0.1, 0.15) is 22.9 Å². The number of amides is 1. The molecule has 0 aliphatic carbocycles. The van der Waals surface area contributed by atoms with Gasteiger partial charge in [-0.25, -0.2) is 0 Å². The minimum Gasteiger partial charge on any atom is -0.497 e. The molecule has 0 bridgehead atoms. The van der Waals surface area contributed by atoms with Crippen LogP contribution in [0.2, 0.25) is 0 Å². The third-order valence-corrected chi connectivity index (χ3v) is 5.22. The zero-order chi connectivity index (χ0) is 19.6. The molecule has 0 saturated heterocycles. The third kappa shape index (κ3) is 3.20. The number of amidine groups is 1. The van der Waals surface area contributed by atoms with Gasteiger partial charge >= 0.3 is 0 Å². The number of nitrogens with zero attached hydrogens (tertiary/aromatic N) is 2. The first-order chi connectivity index (χ1) is 13.6. The fourth-order valence-corrected chi connectivity index (χ4v) is 3.74. The van der Waals surface area contributed by atoms with Crippen molar-refractivity contribution in [2.24, 2.45) is 4.99 Å². The summed E-state index contributed by atoms with van der Waals surface area (Å²) in [5.41, 5.74) is 1.32. The van der Waals surface area contributed by atoms with Crippen LogP contribution in [0.3, 0.4) is 0 Å². The van der Waals surface area contributed by atoms with E-state index in [4.69, 9.17) is 9.47 Å². The lowest BCUT2D eigenvalue weighted by Gasteiger charge is -2.37. The highest BCUT2D eigenvalue weighted by molar-refractivity contribution is 6.12. The molecular formula is C23H22N2O3. The van der Waals surface area contributed by atoms with E-state index in [1.165, 1.54) is 0 Å². The number of carbonyl (C=O) groups excluding carboxylic acids is 1. The maximum atomic E-state index is 13.2. The van der Waals surface area contributed by atoms with Crippen molar-refractivity contribution < 1.29 is 14.3 Å². The molecule has 0 radical (unpaired) electrons. The van der Waals surface area contributed by atoms with E-state index in [-0.39, 0.29) is 5.91 Å². The summed E-state index contributed by atoms with van der Waals surface area (Å²) in [6.45, 7) is 0. The van der Waals surface area contributed by atoms with Crippen molar-refractivity contribution in [2.75, 3.05) is 14.2 Å². The van der Waals surface area contributed by atoms with Gasteiger partial charge in [0.05, 0.1) is 14.2 Å². The Morgan fingerprint density at radius 2 is 1.39 bits per heavy atom. The lowest BCUT2D eigenvalue weighted by atomic mass is 9.83. The molecule has 5 heteroatoms. The van der Waals surface area contributed by atoms with E-state index in [1.54, 1.807) is 14.2 Å². The van der Waals surface area contributed by atoms with Crippen LogP contribution in [0.4, 0.5) is 0 Å². The van der Waals surface area contributed by atoms with Gasteiger partial charge in [0.2, 0.25) is 0 Å². The average Bonchev–Trinajstić information content (AvgIpc) is 3.00. The van der Waals surface area contributed by atoms with Gasteiger partial charge in [0, 0.05) is 19.0 Å². The predicted molar refractivity (Wildman–Crippen MR) is 109 cm³/mol. The first-order valence-corrected chi connectivity index (χ1v) is 9.18. The minimum atomic E-state index is -0.792. The fraction of sp³-hybridized carbons (Fsp3) is 0.217. The molecule has 2 aromatic carbocycles. The molecule has 0 N–H and O–H groups in total. The van der Waals surface area contributed by atoms with Crippen LogP contribution in [0.15, 0.2) is 78.0 Å². The summed E-state index contributed by atoms with van der Waals surface area (Å²) >= 11 is 0. The Hall–Kier alpha value is -3.34. The van der Waals surface area contributed by atoms with Crippen molar-refractivity contribution in [3.05, 3.63) is 84.1 Å². The quantitative estimate of drug-likeness (QED) is 0.776. The van der Waals surface area contributed by atoms with Crippen molar-refractivity contribution in [3.63, 3.8) is 0 Å². The highest BCUT2D eigenvalue weighted by Crippen LogP contribution is 2.35. The second-order valence-corrected chi connectivity index (χ2v) is 6.93. The first kappa shape index (κ1) is 18.0. The van der Waals surface area contributed by atoms with Gasteiger partial charge in [-0.15, -0.1) is 0 Å². The second kappa shape index (κ2) is 7.35. The third-order valence-electron chi connectivity index (χ3n) is 5.22. The molecule has 0 unspecified atom stereocenters. The van der Waals surface area contributed by atoms with E-state index in [9.17, 15) is 4.79 Å². The molecule has 0 atom stereocenters. The van der Waals surface area contributed by atoms with E-state index in [0.717, 1.165) is 22.6 Å². The number of carbonyl (C=O) groups is 1. The first-order valence-electron chi connectivity index (χ1n) is 9.18. The maximum Gasteiger partial charge on any atom is 0.274 e. The van der Waals surface area contributed by atoms with E-state index < -0.39 is 5.54 Å². The summed E-state index contributed by atoms with van der Waals surface area (Å²) < 4.78 is 10.5. The van der Waals surface area contributed by atoms with E-state index in [2.05, 4.69) is 4.99 Å². The van der Waals surface area contributed by atoms with Gasteiger partial charge in [-0.3, -0.25) is 4.79 Å². The monoisotopic (exact) mass is 374 g/mol. The lowest BCUT2D eigenvalue weighted by Crippen LogP contribution is -2.52. The molecule has 0 spiro atoms. The second-order valence-electron chi connectivity index (χ2n) is 6.93. The molecule has 5 nitrogen and oxygen atoms in total. The summed E-state index contributed by atoms with van der Waals surface area (Å²) in [6, 6.07) is 15.7. The van der Waals surface area contributed by atoms with Crippen molar-refractivity contribution >= 4 is 11.7 Å². The topological polar surface area (TPSA) is 51.1 Å². The largest absolute Gasteiger partial charge is 0.497 e. The van der Waals surface area contributed by atoms with Crippen molar-refractivity contribution in [3.8, 4) is 11.5 Å². The molecule has 0 saturated carbocycles. The number of fused-ring (bicyclic) bond motifs is 1. The zero-order valence-electron chi connectivity index (χ0n) is 16.0. The number of methoxy groups -OCH3 is 2. The Bertz CT molecular complexity index is 907. The number of aliphatic imine (C=N–C) groups is 1. The molecule has 1 amide bonds. The van der Waals surface area contributed by atoms with Crippen LogP contribution in [0.5, 0.6) is 11.5 Å². The summed E-state index contributed by atoms with van der Waals surface area (Å²) in [5.74, 6) is 2.16. The number of benzene rings is 2. The molecule has 142 valence electrons. The number of rotatable bonds is 6. The van der Waals surface area contributed by atoms with Crippen LogP contribution in [0, 0.1) is 0 Å². The number of allylic oxidation sites excluding steroid dienone is 2.